The number of unbranched alkanes of at least 4 members (excludes halogenated alkanes) is 1. The highest BCUT2D eigenvalue weighted by atomic mass is 15.0. The van der Waals surface area contributed by atoms with Crippen LogP contribution in [0.1, 0.15) is 56.5 Å². The second kappa shape index (κ2) is 13.1. The number of para-hydroxylation sites is 1. The maximum Gasteiger partial charge on any atom is 0.0784 e. The number of pyridine rings is 2. The van der Waals surface area contributed by atoms with Crippen LogP contribution >= 0.6 is 0 Å². The lowest BCUT2D eigenvalue weighted by atomic mass is 9.96. The molecule has 5 heteroatoms. The van der Waals surface area contributed by atoms with Crippen molar-refractivity contribution in [2.45, 2.75) is 58.9 Å². The fraction of sp³-hybridized carbons (Fsp3) is 0.429. The lowest BCUT2D eigenvalue weighted by Crippen LogP contribution is -2.17. The van der Waals surface area contributed by atoms with E-state index in [4.69, 9.17) is 5.73 Å². The molecule has 3 N–H and O–H groups in total. The first-order valence-corrected chi connectivity index (χ1v) is 12.4. The van der Waals surface area contributed by atoms with E-state index in [1.165, 1.54) is 58.7 Å². The van der Waals surface area contributed by atoms with Gasteiger partial charge < -0.3 is 15.6 Å². The van der Waals surface area contributed by atoms with Gasteiger partial charge in [0.1, 0.15) is 0 Å². The number of hydrogen-bond acceptors (Lipinski definition) is 4. The first kappa shape index (κ1) is 24.9. The smallest absolute Gasteiger partial charge is 0.0784 e. The molecule has 0 unspecified atom stereocenters. The van der Waals surface area contributed by atoms with E-state index >= 15 is 0 Å². The molecule has 0 saturated heterocycles. The lowest BCUT2D eigenvalue weighted by Gasteiger charge is -2.12. The highest BCUT2D eigenvalue weighted by molar-refractivity contribution is 6.08. The molecule has 5 rings (SSSR count). The molecule has 1 aromatic carbocycles. The summed E-state index contributed by atoms with van der Waals surface area (Å²) in [7, 11) is 2.12. The van der Waals surface area contributed by atoms with Crippen LogP contribution in [0.5, 0.6) is 0 Å². The summed E-state index contributed by atoms with van der Waals surface area (Å²) in [5.41, 5.74) is 11.9. The lowest BCUT2D eigenvalue weighted by molar-refractivity contribution is 0.621. The summed E-state index contributed by atoms with van der Waals surface area (Å²) in [5.74, 6) is 0. The van der Waals surface area contributed by atoms with Gasteiger partial charge in [-0.05, 0) is 75.4 Å². The predicted molar refractivity (Wildman–Crippen MR) is 140 cm³/mol. The minimum atomic E-state index is 0.763. The predicted octanol–water partition coefficient (Wildman–Crippen LogP) is 5.54. The highest BCUT2D eigenvalue weighted by Gasteiger charge is 2.11. The summed E-state index contributed by atoms with van der Waals surface area (Å²) in [6.45, 7) is 6.55. The summed E-state index contributed by atoms with van der Waals surface area (Å²) in [4.78, 5) is 8.89. The number of aryl methyl sites for hydroxylation is 3. The van der Waals surface area contributed by atoms with Gasteiger partial charge in [0, 0.05) is 48.0 Å². The van der Waals surface area contributed by atoms with Crippen LogP contribution in [-0.4, -0.2) is 27.6 Å². The molecule has 1 aliphatic carbocycles. The summed E-state index contributed by atoms with van der Waals surface area (Å²) >= 11 is 0. The van der Waals surface area contributed by atoms with Crippen LogP contribution in [-0.2, 0) is 26.4 Å². The molecule has 0 radical (unpaired) electrons. The van der Waals surface area contributed by atoms with Crippen LogP contribution in [0, 0.1) is 0 Å². The number of nitrogens with two attached hydrogens (primary N) is 1. The van der Waals surface area contributed by atoms with Crippen LogP contribution in [0.2, 0.25) is 0 Å². The minimum absolute atomic E-state index is 0.763. The molecular formula is C28H39N5. The van der Waals surface area contributed by atoms with E-state index in [9.17, 15) is 0 Å². The fourth-order valence-corrected chi connectivity index (χ4v) is 4.47. The first-order valence-electron chi connectivity index (χ1n) is 12.4. The second-order valence-electron chi connectivity index (χ2n) is 8.22. The molecule has 3 heterocycles. The highest BCUT2D eigenvalue weighted by Crippen LogP contribution is 2.29. The van der Waals surface area contributed by atoms with Gasteiger partial charge in [-0.3, -0.25) is 9.97 Å². The first-order chi connectivity index (χ1) is 16.3. The molecule has 0 fully saturated rings. The number of aromatic nitrogens is 3. The molecule has 0 spiro atoms. The second-order valence-corrected chi connectivity index (χ2v) is 8.22. The normalized spacial score (nSPS) is 12.5. The zero-order chi connectivity index (χ0) is 23.5. The number of fused-ring (bicyclic) bond motifs is 4. The molecule has 0 aliphatic heterocycles. The van der Waals surface area contributed by atoms with Gasteiger partial charge >= 0.3 is 0 Å². The van der Waals surface area contributed by atoms with E-state index in [2.05, 4.69) is 63.3 Å². The molecule has 0 bridgehead atoms. The third kappa shape index (κ3) is 6.18. The molecule has 5 nitrogen and oxygen atoms in total. The fourth-order valence-electron chi connectivity index (χ4n) is 4.47. The van der Waals surface area contributed by atoms with Crippen molar-refractivity contribution in [2.24, 2.45) is 12.8 Å². The van der Waals surface area contributed by atoms with E-state index in [1.807, 2.05) is 32.3 Å². The monoisotopic (exact) mass is 445 g/mol. The standard InChI is InChI=1S/C17H22N4.C9H11N.C2H6/c1-21-16-7-3-2-6-13(16)14-8-11-20-15(17(14)21)12-19-10-5-4-9-18;1-2-6-9-8(4-1)5-3-7-10-9;1-2/h2-3,6-8,11,19H,4-5,9-10,12,18H2,1H3;3,5,7H,1-2,4,6H2;1-2H3. The van der Waals surface area contributed by atoms with Crippen molar-refractivity contribution in [3.63, 3.8) is 0 Å². The van der Waals surface area contributed by atoms with E-state index in [0.717, 1.165) is 38.2 Å². The Balaban J connectivity index is 0.000000212. The summed E-state index contributed by atoms with van der Waals surface area (Å²) in [5, 5.41) is 6.04. The molecule has 33 heavy (non-hydrogen) atoms. The molecule has 1 aliphatic rings. The Morgan fingerprint density at radius 2 is 1.73 bits per heavy atom. The van der Waals surface area contributed by atoms with Crippen molar-refractivity contribution in [2.75, 3.05) is 13.1 Å². The van der Waals surface area contributed by atoms with Crippen LogP contribution < -0.4 is 11.1 Å². The van der Waals surface area contributed by atoms with Gasteiger partial charge in [0.25, 0.3) is 0 Å². The van der Waals surface area contributed by atoms with Gasteiger partial charge in [-0.1, -0.05) is 38.1 Å². The number of nitrogens with zero attached hydrogens (tertiary/aromatic N) is 3. The SMILES string of the molecule is CC.Cn1c2ccccc2c2ccnc(CNCCCCN)c21.c1cnc2c(c1)CCCC2. The number of benzene rings is 1. The number of hydrogen-bond donors (Lipinski definition) is 2. The van der Waals surface area contributed by atoms with Gasteiger partial charge in [-0.25, -0.2) is 0 Å². The van der Waals surface area contributed by atoms with Crippen LogP contribution in [0.3, 0.4) is 0 Å². The molecule has 4 aromatic rings. The van der Waals surface area contributed by atoms with Gasteiger partial charge in [0.15, 0.2) is 0 Å². The maximum atomic E-state index is 5.52. The quantitative estimate of drug-likeness (QED) is 0.382. The van der Waals surface area contributed by atoms with E-state index in [0.29, 0.717) is 0 Å². The Morgan fingerprint density at radius 1 is 0.909 bits per heavy atom. The van der Waals surface area contributed by atoms with E-state index in [1.54, 1.807) is 0 Å². The van der Waals surface area contributed by atoms with E-state index < -0.39 is 0 Å². The zero-order valence-corrected chi connectivity index (χ0v) is 20.5. The van der Waals surface area contributed by atoms with Crippen molar-refractivity contribution in [3.05, 3.63) is 71.8 Å². The molecule has 3 aromatic heterocycles. The number of nitrogens with one attached hydrogen (secondary N) is 1. The Bertz CT molecular complexity index is 1110. The molecular weight excluding hydrogens is 406 g/mol. The van der Waals surface area contributed by atoms with Crippen molar-refractivity contribution in [3.8, 4) is 0 Å². The molecule has 0 amide bonds. The van der Waals surface area contributed by atoms with Crippen molar-refractivity contribution >= 4 is 21.8 Å². The van der Waals surface area contributed by atoms with E-state index in [-0.39, 0.29) is 0 Å². The van der Waals surface area contributed by atoms with Crippen LogP contribution in [0.15, 0.2) is 54.9 Å². The van der Waals surface area contributed by atoms with Crippen molar-refractivity contribution < 1.29 is 0 Å². The minimum Gasteiger partial charge on any atom is -0.342 e. The van der Waals surface area contributed by atoms with Gasteiger partial charge in [-0.15, -0.1) is 0 Å². The van der Waals surface area contributed by atoms with Crippen molar-refractivity contribution in [1.82, 2.24) is 19.9 Å². The average molecular weight is 446 g/mol. The topological polar surface area (TPSA) is 68.8 Å². The molecule has 0 saturated carbocycles. The Labute approximate surface area is 198 Å². The summed E-state index contributed by atoms with van der Waals surface area (Å²) in [6.07, 6.45) is 11.1. The molecule has 0 atom stereocenters. The summed E-state index contributed by atoms with van der Waals surface area (Å²) in [6, 6.07) is 14.8. The largest absolute Gasteiger partial charge is 0.342 e. The molecule has 176 valence electrons. The maximum absolute atomic E-state index is 5.52. The van der Waals surface area contributed by atoms with Gasteiger partial charge in [-0.2, -0.15) is 0 Å². The van der Waals surface area contributed by atoms with Crippen LogP contribution in [0.25, 0.3) is 21.8 Å². The number of rotatable bonds is 6. The van der Waals surface area contributed by atoms with Crippen LogP contribution in [0.4, 0.5) is 0 Å². The third-order valence-corrected chi connectivity index (χ3v) is 6.09. The third-order valence-electron chi connectivity index (χ3n) is 6.09. The van der Waals surface area contributed by atoms with Gasteiger partial charge in [0.2, 0.25) is 0 Å². The Kier molecular flexibility index (Phi) is 9.85. The van der Waals surface area contributed by atoms with Crippen molar-refractivity contribution in [1.29, 1.82) is 0 Å². The Hall–Kier alpha value is -2.76. The average Bonchev–Trinajstić information content (AvgIpc) is 3.18. The zero-order valence-electron chi connectivity index (χ0n) is 20.5. The summed E-state index contributed by atoms with van der Waals surface area (Å²) < 4.78 is 2.24. The Morgan fingerprint density at radius 3 is 2.55 bits per heavy atom. The van der Waals surface area contributed by atoms with Gasteiger partial charge in [0.05, 0.1) is 11.2 Å².